The molecule has 1 atom stereocenters. The lowest BCUT2D eigenvalue weighted by atomic mass is 9.94. The molecule has 264 valence electrons. The lowest BCUT2D eigenvalue weighted by Gasteiger charge is -2.18. The number of nitrogens with zero attached hydrogens (tertiary/aromatic N) is 2. The lowest BCUT2D eigenvalue weighted by molar-refractivity contribution is -0.139. The number of pyridine rings is 2. The number of carbonyl (C=O) groups is 2. The number of aromatic nitrogens is 2. The molecule has 0 radical (unpaired) electrons. The Hall–Kier alpha value is -5.79. The second-order valence-corrected chi connectivity index (χ2v) is 13.8. The van der Waals surface area contributed by atoms with Gasteiger partial charge in [-0.3, -0.25) is 14.5 Å². The SMILES string of the molecule is CCc1ccc(-c2ccc(C[C@H](NC(=O)c3c(F)cc(NS(=O)(=O)c4ccc(-c5ccnc(F)c5)cc4)cc3F)C(=O)O)c3cccnc23)c(Cl)c1. The van der Waals surface area contributed by atoms with Gasteiger partial charge >= 0.3 is 5.97 Å². The van der Waals surface area contributed by atoms with Crippen LogP contribution in [0.25, 0.3) is 33.2 Å². The first-order valence-electron chi connectivity index (χ1n) is 15.8. The van der Waals surface area contributed by atoms with Crippen LogP contribution in [0.4, 0.5) is 18.9 Å². The Labute approximate surface area is 301 Å². The van der Waals surface area contributed by atoms with E-state index in [9.17, 15) is 27.5 Å². The van der Waals surface area contributed by atoms with Crippen LogP contribution in [0.5, 0.6) is 0 Å². The molecule has 9 nitrogen and oxygen atoms in total. The highest BCUT2D eigenvalue weighted by Gasteiger charge is 2.27. The van der Waals surface area contributed by atoms with Gasteiger partial charge in [0.2, 0.25) is 5.95 Å². The third kappa shape index (κ3) is 7.60. The maximum atomic E-state index is 15.2. The van der Waals surface area contributed by atoms with Crippen LogP contribution in [0.3, 0.4) is 0 Å². The van der Waals surface area contributed by atoms with Crippen molar-refractivity contribution >= 4 is 50.1 Å². The van der Waals surface area contributed by atoms with Gasteiger partial charge < -0.3 is 10.4 Å². The number of hydrogen-bond acceptors (Lipinski definition) is 6. The van der Waals surface area contributed by atoms with Crippen molar-refractivity contribution in [3.8, 4) is 22.3 Å². The molecule has 4 aromatic carbocycles. The molecule has 52 heavy (non-hydrogen) atoms. The predicted octanol–water partition coefficient (Wildman–Crippen LogP) is 7.82. The average Bonchev–Trinajstić information content (AvgIpc) is 3.11. The van der Waals surface area contributed by atoms with Crippen LogP contribution in [0.2, 0.25) is 5.02 Å². The highest BCUT2D eigenvalue weighted by molar-refractivity contribution is 7.92. The van der Waals surface area contributed by atoms with E-state index in [4.69, 9.17) is 11.6 Å². The summed E-state index contributed by atoms with van der Waals surface area (Å²) < 4.78 is 72.0. The number of halogens is 4. The number of benzene rings is 4. The minimum Gasteiger partial charge on any atom is -0.480 e. The molecular weight excluding hydrogens is 717 g/mol. The summed E-state index contributed by atoms with van der Waals surface area (Å²) in [7, 11) is -4.36. The normalized spacial score (nSPS) is 12.0. The molecule has 14 heteroatoms. The number of rotatable bonds is 11. The quantitative estimate of drug-likeness (QED) is 0.115. The number of aliphatic carboxylic acids is 1. The van der Waals surface area contributed by atoms with E-state index < -0.39 is 56.8 Å². The largest absolute Gasteiger partial charge is 0.480 e. The molecule has 0 unspecified atom stereocenters. The van der Waals surface area contributed by atoms with Crippen molar-refractivity contribution in [3.05, 3.63) is 143 Å². The summed E-state index contributed by atoms with van der Waals surface area (Å²) in [6.07, 6.45) is 3.38. The second kappa shape index (κ2) is 14.8. The van der Waals surface area contributed by atoms with Crippen LogP contribution in [0.1, 0.15) is 28.4 Å². The molecular formula is C38H28ClF3N4O5S. The number of carboxylic acids is 1. The van der Waals surface area contributed by atoms with Gasteiger partial charge in [-0.05, 0) is 71.1 Å². The highest BCUT2D eigenvalue weighted by Crippen LogP contribution is 2.35. The summed E-state index contributed by atoms with van der Waals surface area (Å²) in [5.41, 5.74) is 2.85. The first kappa shape index (κ1) is 36.0. The first-order chi connectivity index (χ1) is 24.8. The summed E-state index contributed by atoms with van der Waals surface area (Å²) in [4.78, 5) is 33.1. The number of sulfonamides is 1. The van der Waals surface area contributed by atoms with Gasteiger partial charge in [0.15, 0.2) is 0 Å². The number of carbonyl (C=O) groups excluding carboxylic acids is 1. The molecule has 0 saturated carbocycles. The van der Waals surface area contributed by atoms with Crippen molar-refractivity contribution < 1.29 is 36.3 Å². The van der Waals surface area contributed by atoms with Crippen molar-refractivity contribution in [3.63, 3.8) is 0 Å². The van der Waals surface area contributed by atoms with Crippen molar-refractivity contribution in [2.45, 2.75) is 30.7 Å². The predicted molar refractivity (Wildman–Crippen MR) is 191 cm³/mol. The Morgan fingerprint density at radius 1 is 0.846 bits per heavy atom. The van der Waals surface area contributed by atoms with Gasteiger partial charge in [0, 0.05) is 46.4 Å². The molecule has 0 fully saturated rings. The fourth-order valence-electron chi connectivity index (χ4n) is 5.75. The van der Waals surface area contributed by atoms with E-state index in [1.54, 1.807) is 30.5 Å². The maximum Gasteiger partial charge on any atom is 0.326 e. The van der Waals surface area contributed by atoms with E-state index in [1.807, 2.05) is 25.1 Å². The van der Waals surface area contributed by atoms with Crippen molar-refractivity contribution in [2.24, 2.45) is 0 Å². The molecule has 2 heterocycles. The van der Waals surface area contributed by atoms with Gasteiger partial charge in [-0.25, -0.2) is 27.0 Å². The van der Waals surface area contributed by atoms with Gasteiger partial charge in [0.25, 0.3) is 15.9 Å². The number of hydrogen-bond donors (Lipinski definition) is 3. The summed E-state index contributed by atoms with van der Waals surface area (Å²) in [5.74, 6) is -6.40. The van der Waals surface area contributed by atoms with Crippen LogP contribution >= 0.6 is 11.6 Å². The minimum absolute atomic E-state index is 0.258. The molecule has 0 aliphatic rings. The molecule has 3 N–H and O–H groups in total. The highest BCUT2D eigenvalue weighted by atomic mass is 35.5. The Kier molecular flexibility index (Phi) is 10.3. The number of nitrogens with one attached hydrogen (secondary N) is 2. The van der Waals surface area contributed by atoms with Crippen molar-refractivity contribution in [2.75, 3.05) is 4.72 Å². The van der Waals surface area contributed by atoms with E-state index in [0.29, 0.717) is 50.3 Å². The Morgan fingerprint density at radius 2 is 1.56 bits per heavy atom. The minimum atomic E-state index is -4.36. The van der Waals surface area contributed by atoms with Crippen molar-refractivity contribution in [1.82, 2.24) is 15.3 Å². The zero-order chi connectivity index (χ0) is 37.2. The van der Waals surface area contributed by atoms with Crippen LogP contribution in [-0.4, -0.2) is 41.4 Å². The standard InChI is InChI=1S/C38H28ClF3N4O5S/c1-2-21-5-11-28(30(39)16-21)29-12-8-24(27-4-3-14-44-36(27)29)17-33(38(48)49)45-37(47)35-31(40)19-25(20-32(35)41)46-52(50,51)26-9-6-22(7-10-26)23-13-15-43-34(42)18-23/h3-16,18-20,33,46H,2,17H2,1H3,(H,45,47)(H,48,49)/t33-/m0/s1. The summed E-state index contributed by atoms with van der Waals surface area (Å²) in [5, 5.41) is 13.3. The molecule has 1 amide bonds. The number of aryl methyl sites for hydroxylation is 1. The molecule has 0 aliphatic carbocycles. The third-order valence-electron chi connectivity index (χ3n) is 8.37. The zero-order valence-electron chi connectivity index (χ0n) is 27.2. The number of anilines is 1. The molecule has 2 aromatic heterocycles. The summed E-state index contributed by atoms with van der Waals surface area (Å²) in [6.45, 7) is 2.01. The van der Waals surface area contributed by atoms with E-state index in [1.165, 1.54) is 42.6 Å². The smallest absolute Gasteiger partial charge is 0.326 e. The number of carboxylic acid groups (broad SMARTS) is 1. The van der Waals surface area contributed by atoms with Gasteiger partial charge in [-0.2, -0.15) is 4.39 Å². The third-order valence-corrected chi connectivity index (χ3v) is 10.1. The first-order valence-corrected chi connectivity index (χ1v) is 17.6. The molecule has 0 bridgehead atoms. The van der Waals surface area contributed by atoms with Crippen molar-refractivity contribution in [1.29, 1.82) is 0 Å². The average molecular weight is 745 g/mol. The summed E-state index contributed by atoms with van der Waals surface area (Å²) >= 11 is 6.59. The molecule has 0 spiro atoms. The fourth-order valence-corrected chi connectivity index (χ4v) is 7.09. The van der Waals surface area contributed by atoms with Crippen LogP contribution in [-0.2, 0) is 27.7 Å². The fraction of sp³-hybridized carbons (Fsp3) is 0.105. The zero-order valence-corrected chi connectivity index (χ0v) is 28.8. The maximum absolute atomic E-state index is 15.2. The van der Waals surface area contributed by atoms with Crippen LogP contribution in [0.15, 0.2) is 108 Å². The monoisotopic (exact) mass is 744 g/mol. The summed E-state index contributed by atoms with van der Waals surface area (Å²) in [6, 6.07) is 20.1. The Morgan fingerprint density at radius 3 is 2.21 bits per heavy atom. The van der Waals surface area contributed by atoms with Crippen LogP contribution in [0, 0.1) is 17.6 Å². The lowest BCUT2D eigenvalue weighted by Crippen LogP contribution is -2.43. The molecule has 0 saturated heterocycles. The van der Waals surface area contributed by atoms with Gasteiger partial charge in [-0.1, -0.05) is 61.0 Å². The van der Waals surface area contributed by atoms with E-state index >= 15 is 8.78 Å². The topological polar surface area (TPSA) is 138 Å². The number of fused-ring (bicyclic) bond motifs is 1. The van der Waals surface area contributed by atoms with Crippen LogP contribution < -0.4 is 10.0 Å². The van der Waals surface area contributed by atoms with E-state index in [-0.39, 0.29) is 11.3 Å². The molecule has 6 rings (SSSR count). The number of amides is 1. The molecule has 6 aromatic rings. The van der Waals surface area contributed by atoms with E-state index in [2.05, 4.69) is 20.0 Å². The van der Waals surface area contributed by atoms with Gasteiger partial charge in [0.1, 0.15) is 23.2 Å². The van der Waals surface area contributed by atoms with E-state index in [0.717, 1.165) is 17.5 Å². The molecule has 0 aliphatic heterocycles. The Balaban J connectivity index is 1.21. The Bertz CT molecular complexity index is 2440. The van der Waals surface area contributed by atoms with Gasteiger partial charge in [0.05, 0.1) is 16.1 Å². The second-order valence-electron chi connectivity index (χ2n) is 11.7. The van der Waals surface area contributed by atoms with Gasteiger partial charge in [-0.15, -0.1) is 0 Å².